The molecule has 1 aliphatic carbocycles. The van der Waals surface area contributed by atoms with Crippen LogP contribution in [0.15, 0.2) is 55.0 Å². The Hall–Kier alpha value is -3.39. The number of hydrogen-bond donors (Lipinski definition) is 3. The molecule has 3 aromatic rings. The van der Waals surface area contributed by atoms with Crippen molar-refractivity contribution < 1.29 is 9.90 Å². The van der Waals surface area contributed by atoms with Crippen molar-refractivity contribution in [2.75, 3.05) is 36.4 Å². The summed E-state index contributed by atoms with van der Waals surface area (Å²) in [6.07, 6.45) is 11.0. The van der Waals surface area contributed by atoms with Crippen molar-refractivity contribution in [3.8, 4) is 5.75 Å². The molecule has 40 heavy (non-hydrogen) atoms. The molecule has 2 aliphatic rings. The molecule has 3 heterocycles. The summed E-state index contributed by atoms with van der Waals surface area (Å²) in [6, 6.07) is 10.8. The highest BCUT2D eigenvalue weighted by molar-refractivity contribution is 6.30. The van der Waals surface area contributed by atoms with E-state index in [4.69, 9.17) is 11.6 Å². The first kappa shape index (κ1) is 28.1. The van der Waals surface area contributed by atoms with Gasteiger partial charge in [-0.2, -0.15) is 0 Å². The van der Waals surface area contributed by atoms with Crippen LogP contribution in [0.3, 0.4) is 0 Å². The molecule has 2 atom stereocenters. The fraction of sp³-hybridized carbons (Fsp3) is 0.484. The van der Waals surface area contributed by atoms with E-state index in [0.717, 1.165) is 61.1 Å². The number of hydrogen-bond acceptors (Lipinski definition) is 7. The molecule has 8 nitrogen and oxygen atoms in total. The van der Waals surface area contributed by atoms with Crippen molar-refractivity contribution in [1.82, 2.24) is 20.3 Å². The number of pyridine rings is 1. The van der Waals surface area contributed by atoms with Gasteiger partial charge in [0.05, 0.1) is 23.0 Å². The number of nitrogens with zero attached hydrogens (tertiary/aromatic N) is 4. The number of para-hydroxylation sites is 1. The predicted octanol–water partition coefficient (Wildman–Crippen LogP) is 5.58. The normalized spacial score (nSPS) is 19.3. The summed E-state index contributed by atoms with van der Waals surface area (Å²) in [4.78, 5) is 28.1. The van der Waals surface area contributed by atoms with Crippen molar-refractivity contribution in [2.24, 2.45) is 23.2 Å². The number of benzene rings is 1. The van der Waals surface area contributed by atoms with E-state index in [0.29, 0.717) is 17.1 Å². The van der Waals surface area contributed by atoms with Crippen molar-refractivity contribution in [1.29, 1.82) is 0 Å². The van der Waals surface area contributed by atoms with Crippen LogP contribution in [0.2, 0.25) is 5.02 Å². The number of phenolic OH excluding ortho intramolecular Hbond substituents is 1. The molecule has 1 saturated carbocycles. The number of amides is 1. The lowest BCUT2D eigenvalue weighted by atomic mass is 9.86. The topological polar surface area (TPSA) is 103 Å². The van der Waals surface area contributed by atoms with Gasteiger partial charge in [-0.3, -0.25) is 4.79 Å². The summed E-state index contributed by atoms with van der Waals surface area (Å²) >= 11 is 5.92. The number of carbonyl (C=O) groups excluding carboxylic acids is 1. The standard InChI is InChI=1S/C31H39ClN6O2/c1-31(2,20-37-29(40)25-5-3-4-6-27(25)39)16-21-7-8-28(34-17-21)33-12-9-23-15-26(23)22-10-13-38(14-11-22)30-35-18-24(32)19-36-30/h3-8,17-19,22-23,26,39H,9-16,20H2,1-2H3,(H,33,34)(H,37,40)/t23-,26-/m1/s1. The van der Waals surface area contributed by atoms with Gasteiger partial charge in [-0.25, -0.2) is 15.0 Å². The van der Waals surface area contributed by atoms with Crippen molar-refractivity contribution in [2.45, 2.75) is 46.0 Å². The van der Waals surface area contributed by atoms with E-state index in [1.165, 1.54) is 31.7 Å². The molecule has 0 unspecified atom stereocenters. The average Bonchev–Trinajstić information content (AvgIpc) is 3.73. The number of rotatable bonds is 11. The minimum absolute atomic E-state index is 0.00611. The van der Waals surface area contributed by atoms with Crippen molar-refractivity contribution in [3.63, 3.8) is 0 Å². The molecular formula is C31H39ClN6O2. The summed E-state index contributed by atoms with van der Waals surface area (Å²) in [7, 11) is 0. The maximum Gasteiger partial charge on any atom is 0.255 e. The second-order valence-corrected chi connectivity index (χ2v) is 12.4. The third kappa shape index (κ3) is 7.42. The largest absolute Gasteiger partial charge is 0.507 e. The van der Waals surface area contributed by atoms with Crippen LogP contribution >= 0.6 is 11.6 Å². The van der Waals surface area contributed by atoms with Crippen LogP contribution in [0.25, 0.3) is 0 Å². The summed E-state index contributed by atoms with van der Waals surface area (Å²) < 4.78 is 0. The minimum atomic E-state index is -0.264. The van der Waals surface area contributed by atoms with Gasteiger partial charge in [0, 0.05) is 32.4 Å². The van der Waals surface area contributed by atoms with Gasteiger partial charge in [-0.05, 0) is 79.0 Å². The molecule has 1 aliphatic heterocycles. The Bertz CT molecular complexity index is 1280. The lowest BCUT2D eigenvalue weighted by Crippen LogP contribution is -2.35. The molecule has 9 heteroatoms. The highest BCUT2D eigenvalue weighted by Crippen LogP contribution is 2.49. The second kappa shape index (κ2) is 12.4. The molecule has 3 N–H and O–H groups in total. The number of aromatic nitrogens is 3. The molecule has 2 fully saturated rings. The van der Waals surface area contributed by atoms with E-state index in [2.05, 4.69) is 50.4 Å². The lowest BCUT2D eigenvalue weighted by Gasteiger charge is -2.32. The number of piperidine rings is 1. The fourth-order valence-electron chi connectivity index (χ4n) is 5.89. The summed E-state index contributed by atoms with van der Waals surface area (Å²) in [6.45, 7) is 7.70. The monoisotopic (exact) mass is 562 g/mol. The van der Waals surface area contributed by atoms with Gasteiger partial charge in [0.25, 0.3) is 5.91 Å². The molecule has 1 aromatic carbocycles. The van der Waals surface area contributed by atoms with Crippen LogP contribution < -0.4 is 15.5 Å². The van der Waals surface area contributed by atoms with Crippen molar-refractivity contribution >= 4 is 29.3 Å². The zero-order valence-corrected chi connectivity index (χ0v) is 24.1. The molecule has 2 aromatic heterocycles. The molecule has 0 bridgehead atoms. The Morgan fingerprint density at radius 2 is 1.82 bits per heavy atom. The van der Waals surface area contributed by atoms with Gasteiger partial charge < -0.3 is 20.6 Å². The Morgan fingerprint density at radius 1 is 1.07 bits per heavy atom. The Balaban J connectivity index is 0.995. The Labute approximate surface area is 241 Å². The Kier molecular flexibility index (Phi) is 8.74. The van der Waals surface area contributed by atoms with E-state index in [1.807, 2.05) is 12.3 Å². The fourth-order valence-corrected chi connectivity index (χ4v) is 5.99. The highest BCUT2D eigenvalue weighted by atomic mass is 35.5. The van der Waals surface area contributed by atoms with E-state index in [1.54, 1.807) is 30.6 Å². The van der Waals surface area contributed by atoms with E-state index < -0.39 is 0 Å². The number of aromatic hydroxyl groups is 1. The van der Waals surface area contributed by atoms with E-state index in [-0.39, 0.29) is 17.1 Å². The zero-order valence-electron chi connectivity index (χ0n) is 23.3. The number of phenols is 1. The first-order valence-corrected chi connectivity index (χ1v) is 14.6. The number of nitrogens with one attached hydrogen (secondary N) is 2. The number of anilines is 2. The number of halogens is 1. The van der Waals surface area contributed by atoms with Crippen LogP contribution in [0, 0.1) is 23.2 Å². The zero-order chi connectivity index (χ0) is 28.1. The highest BCUT2D eigenvalue weighted by Gasteiger charge is 2.43. The molecule has 0 radical (unpaired) electrons. The molecule has 1 saturated heterocycles. The van der Waals surface area contributed by atoms with Crippen LogP contribution in [-0.2, 0) is 6.42 Å². The third-order valence-electron chi connectivity index (χ3n) is 8.22. The average molecular weight is 563 g/mol. The van der Waals surface area contributed by atoms with Gasteiger partial charge in [0.15, 0.2) is 0 Å². The smallest absolute Gasteiger partial charge is 0.255 e. The quantitative estimate of drug-likeness (QED) is 0.280. The minimum Gasteiger partial charge on any atom is -0.507 e. The van der Waals surface area contributed by atoms with Crippen LogP contribution in [0.4, 0.5) is 11.8 Å². The molecule has 1 amide bonds. The molecular weight excluding hydrogens is 524 g/mol. The molecule has 5 rings (SSSR count). The van der Waals surface area contributed by atoms with Gasteiger partial charge in [0.2, 0.25) is 5.95 Å². The maximum atomic E-state index is 12.4. The lowest BCUT2D eigenvalue weighted by molar-refractivity contribution is 0.0933. The SMILES string of the molecule is CC(C)(CNC(=O)c1ccccc1O)Cc1ccc(NCC[C@@H]2C[C@@H]2C2CCN(c3ncc(Cl)cn3)CC2)nc1. The maximum absolute atomic E-state index is 12.4. The van der Waals surface area contributed by atoms with E-state index in [9.17, 15) is 9.90 Å². The van der Waals surface area contributed by atoms with Gasteiger partial charge in [-0.1, -0.05) is 43.6 Å². The van der Waals surface area contributed by atoms with Crippen LogP contribution in [-0.4, -0.2) is 52.1 Å². The summed E-state index contributed by atoms with van der Waals surface area (Å²) in [5.41, 5.74) is 1.27. The first-order valence-electron chi connectivity index (χ1n) is 14.2. The summed E-state index contributed by atoms with van der Waals surface area (Å²) in [5, 5.41) is 16.9. The first-order chi connectivity index (χ1) is 19.3. The molecule has 212 valence electrons. The molecule has 0 spiro atoms. The second-order valence-electron chi connectivity index (χ2n) is 12.0. The predicted molar refractivity (Wildman–Crippen MR) is 159 cm³/mol. The van der Waals surface area contributed by atoms with Gasteiger partial charge >= 0.3 is 0 Å². The van der Waals surface area contributed by atoms with Gasteiger partial charge in [0.1, 0.15) is 11.6 Å². The van der Waals surface area contributed by atoms with E-state index >= 15 is 0 Å². The van der Waals surface area contributed by atoms with Crippen LogP contribution in [0.5, 0.6) is 5.75 Å². The van der Waals surface area contributed by atoms with Gasteiger partial charge in [-0.15, -0.1) is 0 Å². The number of carbonyl (C=O) groups is 1. The van der Waals surface area contributed by atoms with Crippen LogP contribution in [0.1, 0.15) is 55.5 Å². The van der Waals surface area contributed by atoms with Crippen molar-refractivity contribution in [3.05, 3.63) is 71.1 Å². The Morgan fingerprint density at radius 3 is 2.52 bits per heavy atom. The third-order valence-corrected chi connectivity index (χ3v) is 8.41. The summed E-state index contributed by atoms with van der Waals surface area (Å²) in [5.74, 6) is 3.88.